The normalized spacial score (nSPS) is 22.2. The van der Waals surface area contributed by atoms with Crippen LogP contribution in [0.1, 0.15) is 40.0 Å². The molecule has 4 heterocycles. The van der Waals surface area contributed by atoms with E-state index >= 15 is 0 Å². The van der Waals surface area contributed by atoms with E-state index in [1.54, 1.807) is 20.2 Å². The Morgan fingerprint density at radius 2 is 1.94 bits per heavy atom. The molecule has 0 N–H and O–H groups in total. The number of carbonyl (C=O) groups excluding carboxylic acids is 2. The first-order chi connectivity index (χ1) is 17.5. The van der Waals surface area contributed by atoms with Gasteiger partial charge >= 0.3 is 0 Å². The lowest BCUT2D eigenvalue weighted by Gasteiger charge is -2.51. The van der Waals surface area contributed by atoms with Gasteiger partial charge in [-0.1, -0.05) is 36.4 Å². The van der Waals surface area contributed by atoms with Crippen molar-refractivity contribution in [3.63, 3.8) is 0 Å². The maximum Gasteiger partial charge on any atom is 0.273 e. The van der Waals surface area contributed by atoms with E-state index in [9.17, 15) is 9.59 Å². The van der Waals surface area contributed by atoms with Gasteiger partial charge in [-0.25, -0.2) is 0 Å². The number of piperazine rings is 1. The monoisotopic (exact) mass is 485 g/mol. The number of pyridine rings is 1. The van der Waals surface area contributed by atoms with Crippen LogP contribution in [0.15, 0.2) is 60.8 Å². The summed E-state index contributed by atoms with van der Waals surface area (Å²) >= 11 is 0. The number of nitrogens with zero attached hydrogens (tertiary/aromatic N) is 3. The van der Waals surface area contributed by atoms with Crippen molar-refractivity contribution >= 4 is 11.8 Å². The Hall–Kier alpha value is -4.07. The van der Waals surface area contributed by atoms with Crippen LogP contribution in [0.4, 0.5) is 0 Å². The molecule has 1 aromatic heterocycles. The Labute approximate surface area is 209 Å². The van der Waals surface area contributed by atoms with Crippen LogP contribution in [0.25, 0.3) is 0 Å². The third-order valence-electron chi connectivity index (χ3n) is 7.41. The molecule has 8 nitrogen and oxygen atoms in total. The molecule has 0 radical (unpaired) electrons. The lowest BCUT2D eigenvalue weighted by Crippen LogP contribution is -2.64. The molecule has 2 amide bonds. The zero-order chi connectivity index (χ0) is 24.8. The van der Waals surface area contributed by atoms with Crippen LogP contribution < -0.4 is 14.2 Å². The highest BCUT2D eigenvalue weighted by molar-refractivity contribution is 5.96. The minimum Gasteiger partial charge on any atom is -0.493 e. The van der Waals surface area contributed by atoms with Crippen LogP contribution in [-0.4, -0.2) is 65.7 Å². The van der Waals surface area contributed by atoms with E-state index in [2.05, 4.69) is 17.1 Å². The van der Waals surface area contributed by atoms with Crippen molar-refractivity contribution in [1.29, 1.82) is 0 Å². The molecule has 1 fully saturated rings. The summed E-state index contributed by atoms with van der Waals surface area (Å²) in [5.41, 5.74) is 3.35. The number of hydrogen-bond donors (Lipinski definition) is 0. The van der Waals surface area contributed by atoms with Gasteiger partial charge in [0.25, 0.3) is 5.91 Å². The fraction of sp³-hybridized carbons (Fsp3) is 0.321. The highest BCUT2D eigenvalue weighted by Gasteiger charge is 2.47. The van der Waals surface area contributed by atoms with E-state index in [1.165, 1.54) is 0 Å². The molecule has 3 aliphatic rings. The summed E-state index contributed by atoms with van der Waals surface area (Å²) in [5, 5.41) is 0. The molecule has 184 valence electrons. The van der Waals surface area contributed by atoms with Crippen molar-refractivity contribution in [3.05, 3.63) is 83.2 Å². The highest BCUT2D eigenvalue weighted by atomic mass is 16.7. The average Bonchev–Trinajstić information content (AvgIpc) is 3.38. The van der Waals surface area contributed by atoms with Gasteiger partial charge in [0.15, 0.2) is 11.5 Å². The number of amides is 2. The molecule has 3 aromatic rings. The Morgan fingerprint density at radius 1 is 1.11 bits per heavy atom. The first kappa shape index (κ1) is 22.4. The average molecular weight is 486 g/mol. The summed E-state index contributed by atoms with van der Waals surface area (Å²) in [6.07, 6.45) is 2.33. The number of ether oxygens (including phenoxy) is 3. The highest BCUT2D eigenvalue weighted by Crippen LogP contribution is 2.47. The lowest BCUT2D eigenvalue weighted by molar-refractivity contribution is -0.135. The fourth-order valence-electron chi connectivity index (χ4n) is 5.80. The van der Waals surface area contributed by atoms with Gasteiger partial charge in [-0.3, -0.25) is 14.6 Å². The number of methoxy groups -OCH3 is 1. The van der Waals surface area contributed by atoms with Crippen LogP contribution in [0.2, 0.25) is 0 Å². The van der Waals surface area contributed by atoms with Crippen molar-refractivity contribution in [2.24, 2.45) is 0 Å². The summed E-state index contributed by atoms with van der Waals surface area (Å²) in [7, 11) is 1.60. The SMILES string of the molecule is COc1cc([C@H]2c3cccnc3C(=O)N3C[C@H](Cc4ccccc4)N(C(C)=O)C[C@H]23)cc2c1OCO2. The van der Waals surface area contributed by atoms with Crippen molar-refractivity contribution in [1.82, 2.24) is 14.8 Å². The van der Waals surface area contributed by atoms with Gasteiger partial charge < -0.3 is 24.0 Å². The molecule has 2 aromatic carbocycles. The third kappa shape index (κ3) is 3.64. The Bertz CT molecular complexity index is 1330. The zero-order valence-electron chi connectivity index (χ0n) is 20.2. The van der Waals surface area contributed by atoms with Gasteiger partial charge in [-0.05, 0) is 41.3 Å². The molecule has 3 aliphatic heterocycles. The summed E-state index contributed by atoms with van der Waals surface area (Å²) in [5.74, 6) is 1.46. The minimum absolute atomic E-state index is 0.00188. The van der Waals surface area contributed by atoms with Crippen molar-refractivity contribution < 1.29 is 23.8 Å². The van der Waals surface area contributed by atoms with Gasteiger partial charge in [0.1, 0.15) is 5.69 Å². The predicted octanol–water partition coefficient (Wildman–Crippen LogP) is 3.25. The molecule has 3 atom stereocenters. The second-order valence-corrected chi connectivity index (χ2v) is 9.42. The van der Waals surface area contributed by atoms with Crippen molar-refractivity contribution in [2.75, 3.05) is 27.0 Å². The Balaban J connectivity index is 1.44. The zero-order valence-corrected chi connectivity index (χ0v) is 20.2. The van der Waals surface area contributed by atoms with Crippen molar-refractivity contribution in [2.45, 2.75) is 31.3 Å². The standard InChI is InChI=1S/C28H27N3O5/c1-17(32)30-15-22-25(19-12-23(34-2)27-24(13-19)35-16-36-27)21-9-6-10-29-26(21)28(33)31(22)14-20(30)11-18-7-4-3-5-8-18/h3-10,12-13,20,22,25H,11,14-16H2,1-2H3/t20-,22+,25-/m0/s1. The van der Waals surface area contributed by atoms with E-state index in [1.807, 2.05) is 52.3 Å². The van der Waals surface area contributed by atoms with Crippen LogP contribution in [0, 0.1) is 0 Å². The summed E-state index contributed by atoms with van der Waals surface area (Å²) < 4.78 is 16.9. The fourth-order valence-corrected chi connectivity index (χ4v) is 5.80. The third-order valence-corrected chi connectivity index (χ3v) is 7.41. The van der Waals surface area contributed by atoms with E-state index in [0.29, 0.717) is 42.5 Å². The second-order valence-electron chi connectivity index (χ2n) is 9.42. The number of benzene rings is 2. The van der Waals surface area contributed by atoms with Gasteiger partial charge in [0.05, 0.1) is 19.2 Å². The first-order valence-electron chi connectivity index (χ1n) is 12.1. The first-order valence-corrected chi connectivity index (χ1v) is 12.1. The van der Waals surface area contributed by atoms with E-state index < -0.39 is 0 Å². The minimum atomic E-state index is -0.254. The van der Waals surface area contributed by atoms with E-state index in [-0.39, 0.29) is 36.6 Å². The smallest absolute Gasteiger partial charge is 0.273 e. The number of hydrogen-bond acceptors (Lipinski definition) is 6. The lowest BCUT2D eigenvalue weighted by atomic mass is 9.78. The molecule has 0 aliphatic carbocycles. The number of rotatable bonds is 4. The summed E-state index contributed by atoms with van der Waals surface area (Å²) in [4.78, 5) is 34.9. The molecule has 36 heavy (non-hydrogen) atoms. The Morgan fingerprint density at radius 3 is 2.72 bits per heavy atom. The van der Waals surface area contributed by atoms with Crippen LogP contribution in [-0.2, 0) is 11.2 Å². The number of carbonyl (C=O) groups is 2. The predicted molar refractivity (Wildman–Crippen MR) is 131 cm³/mol. The molecule has 8 heteroatoms. The molecule has 0 spiro atoms. The van der Waals surface area contributed by atoms with Crippen LogP contribution in [0.3, 0.4) is 0 Å². The van der Waals surface area contributed by atoms with Gasteiger partial charge in [0, 0.05) is 32.1 Å². The molecule has 1 saturated heterocycles. The number of aromatic nitrogens is 1. The van der Waals surface area contributed by atoms with Crippen LogP contribution >= 0.6 is 0 Å². The number of fused-ring (bicyclic) bond motifs is 3. The second kappa shape index (κ2) is 8.86. The molecular formula is C28H27N3O5. The Kier molecular flexibility index (Phi) is 5.51. The van der Waals surface area contributed by atoms with Crippen molar-refractivity contribution in [3.8, 4) is 17.2 Å². The maximum absolute atomic E-state index is 13.7. The molecule has 6 rings (SSSR count). The maximum atomic E-state index is 13.7. The summed E-state index contributed by atoms with van der Waals surface area (Å²) in [6, 6.07) is 17.4. The summed E-state index contributed by atoms with van der Waals surface area (Å²) in [6.45, 7) is 2.60. The van der Waals surface area contributed by atoms with Gasteiger partial charge in [-0.2, -0.15) is 0 Å². The van der Waals surface area contributed by atoms with Crippen LogP contribution in [0.5, 0.6) is 17.2 Å². The van der Waals surface area contributed by atoms with Gasteiger partial charge in [0.2, 0.25) is 18.4 Å². The van der Waals surface area contributed by atoms with Gasteiger partial charge in [-0.15, -0.1) is 0 Å². The molecule has 0 bridgehead atoms. The molecular weight excluding hydrogens is 458 g/mol. The topological polar surface area (TPSA) is 81.2 Å². The molecule has 0 saturated carbocycles. The quantitative estimate of drug-likeness (QED) is 0.565. The van der Waals surface area contributed by atoms with E-state index in [0.717, 1.165) is 16.7 Å². The largest absolute Gasteiger partial charge is 0.493 e. The van der Waals surface area contributed by atoms with E-state index in [4.69, 9.17) is 14.2 Å². The molecule has 0 unspecified atom stereocenters.